The predicted octanol–water partition coefficient (Wildman–Crippen LogP) is 3.97. The average Bonchev–Trinajstić information content (AvgIpc) is 3.04. The molecule has 0 radical (unpaired) electrons. The molecule has 1 aliphatic heterocycles. The van der Waals surface area contributed by atoms with Gasteiger partial charge in [-0.1, -0.05) is 37.6 Å². The number of halogens is 1. The summed E-state index contributed by atoms with van der Waals surface area (Å²) in [6.45, 7) is 9.05. The van der Waals surface area contributed by atoms with E-state index < -0.39 is 5.54 Å². The van der Waals surface area contributed by atoms with Crippen molar-refractivity contribution < 1.29 is 14.4 Å². The molecule has 1 unspecified atom stereocenters. The molecule has 1 aliphatic rings. The van der Waals surface area contributed by atoms with Gasteiger partial charge in [-0.3, -0.25) is 24.7 Å². The zero-order chi connectivity index (χ0) is 26.5. The summed E-state index contributed by atoms with van der Waals surface area (Å²) in [7, 11) is 0. The highest BCUT2D eigenvalue weighted by molar-refractivity contribution is 6.30. The molecule has 1 fully saturated rings. The van der Waals surface area contributed by atoms with Crippen molar-refractivity contribution in [3.05, 3.63) is 69.7 Å². The van der Waals surface area contributed by atoms with Gasteiger partial charge >= 0.3 is 0 Å². The van der Waals surface area contributed by atoms with Crippen molar-refractivity contribution in [2.75, 3.05) is 19.6 Å². The van der Waals surface area contributed by atoms with E-state index in [-0.39, 0.29) is 36.8 Å². The minimum Gasteiger partial charge on any atom is -0.349 e. The Labute approximate surface area is 217 Å². The zero-order valence-corrected chi connectivity index (χ0v) is 22.0. The van der Waals surface area contributed by atoms with Crippen LogP contribution in [0.2, 0.25) is 5.02 Å². The summed E-state index contributed by atoms with van der Waals surface area (Å²) in [6.07, 6.45) is 1.71. The fourth-order valence-electron chi connectivity index (χ4n) is 4.30. The maximum atomic E-state index is 13.2. The van der Waals surface area contributed by atoms with Gasteiger partial charge in [0.05, 0.1) is 6.54 Å². The lowest BCUT2D eigenvalue weighted by Crippen LogP contribution is -2.53. The van der Waals surface area contributed by atoms with Gasteiger partial charge in [0, 0.05) is 35.8 Å². The van der Waals surface area contributed by atoms with Gasteiger partial charge in [-0.15, -0.1) is 0 Å². The van der Waals surface area contributed by atoms with Crippen molar-refractivity contribution in [1.29, 1.82) is 5.41 Å². The Kier molecular flexibility index (Phi) is 8.74. The van der Waals surface area contributed by atoms with E-state index in [0.29, 0.717) is 29.2 Å². The normalized spacial score (nSPS) is 17.2. The standard InChI is InChI=1S/C27H34ClN5O3/c1-5-10-32(11-6-2)24(35)21-13-18(3)12-20(15-21)23(34)30-17-27(4)25(36)33(26(29)31-27)16-19-8-7-9-22(28)14-19/h7-9,12-15H,5-6,10-11,16-17H2,1-4H3,(H2,29,31)(H,30,34). The number of nitrogens with one attached hydrogen (secondary N) is 3. The second kappa shape index (κ2) is 11.6. The lowest BCUT2D eigenvalue weighted by atomic mass is 10.0. The largest absolute Gasteiger partial charge is 0.349 e. The molecule has 2 aromatic rings. The fourth-order valence-corrected chi connectivity index (χ4v) is 4.52. The van der Waals surface area contributed by atoms with E-state index in [4.69, 9.17) is 17.0 Å². The number of hydrogen-bond donors (Lipinski definition) is 3. The van der Waals surface area contributed by atoms with Gasteiger partial charge in [-0.05, 0) is 68.1 Å². The number of benzene rings is 2. The molecule has 36 heavy (non-hydrogen) atoms. The van der Waals surface area contributed by atoms with Gasteiger partial charge < -0.3 is 15.5 Å². The second-order valence-electron chi connectivity index (χ2n) is 9.39. The third kappa shape index (κ3) is 6.23. The van der Waals surface area contributed by atoms with Crippen molar-refractivity contribution in [2.45, 2.75) is 52.6 Å². The van der Waals surface area contributed by atoms with Gasteiger partial charge in [0.2, 0.25) is 0 Å². The molecule has 0 spiro atoms. The van der Waals surface area contributed by atoms with Crippen LogP contribution in [0.1, 0.15) is 65.5 Å². The summed E-state index contributed by atoms with van der Waals surface area (Å²) in [5, 5.41) is 14.5. The minimum absolute atomic E-state index is 0.0197. The first kappa shape index (κ1) is 27.2. The quantitative estimate of drug-likeness (QED) is 0.449. The van der Waals surface area contributed by atoms with Gasteiger partial charge in [0.1, 0.15) is 5.54 Å². The van der Waals surface area contributed by atoms with Crippen molar-refractivity contribution >= 4 is 35.3 Å². The van der Waals surface area contributed by atoms with Gasteiger partial charge in [-0.2, -0.15) is 0 Å². The smallest absolute Gasteiger partial charge is 0.256 e. The van der Waals surface area contributed by atoms with E-state index in [1.807, 2.05) is 26.8 Å². The van der Waals surface area contributed by atoms with Crippen LogP contribution in [0.25, 0.3) is 0 Å². The van der Waals surface area contributed by atoms with Crippen LogP contribution in [0.3, 0.4) is 0 Å². The molecule has 9 heteroatoms. The van der Waals surface area contributed by atoms with Crippen LogP contribution in [0.4, 0.5) is 0 Å². The number of hydrogen-bond acceptors (Lipinski definition) is 4. The van der Waals surface area contributed by atoms with Gasteiger partial charge in [0.25, 0.3) is 17.7 Å². The number of carbonyl (C=O) groups is 3. The Hall–Kier alpha value is -3.39. The number of amides is 3. The lowest BCUT2D eigenvalue weighted by molar-refractivity contribution is -0.130. The molecule has 0 aliphatic carbocycles. The summed E-state index contributed by atoms with van der Waals surface area (Å²) in [6, 6.07) is 12.2. The molecular formula is C27H34ClN5O3. The van der Waals surface area contributed by atoms with E-state index in [9.17, 15) is 14.4 Å². The number of carbonyl (C=O) groups excluding carboxylic acids is 3. The number of guanidine groups is 1. The maximum Gasteiger partial charge on any atom is 0.256 e. The second-order valence-corrected chi connectivity index (χ2v) is 9.83. The van der Waals surface area contributed by atoms with E-state index >= 15 is 0 Å². The fraction of sp³-hybridized carbons (Fsp3) is 0.407. The van der Waals surface area contributed by atoms with Crippen molar-refractivity contribution in [2.24, 2.45) is 0 Å². The summed E-state index contributed by atoms with van der Waals surface area (Å²) < 4.78 is 0. The molecule has 1 atom stereocenters. The maximum absolute atomic E-state index is 13.2. The molecule has 1 saturated heterocycles. The molecule has 0 aromatic heterocycles. The van der Waals surface area contributed by atoms with E-state index in [0.717, 1.165) is 24.0 Å². The molecule has 3 N–H and O–H groups in total. The topological polar surface area (TPSA) is 106 Å². The van der Waals surface area contributed by atoms with Crippen LogP contribution in [0.5, 0.6) is 0 Å². The summed E-state index contributed by atoms with van der Waals surface area (Å²) in [4.78, 5) is 42.4. The van der Waals surface area contributed by atoms with Crippen LogP contribution >= 0.6 is 11.6 Å². The van der Waals surface area contributed by atoms with Crippen molar-refractivity contribution in [3.8, 4) is 0 Å². The van der Waals surface area contributed by atoms with Gasteiger partial charge in [-0.25, -0.2) is 0 Å². The van der Waals surface area contributed by atoms with Crippen LogP contribution in [-0.4, -0.2) is 58.7 Å². The third-order valence-corrected chi connectivity index (χ3v) is 6.31. The first-order valence-corrected chi connectivity index (χ1v) is 12.6. The monoisotopic (exact) mass is 511 g/mol. The summed E-state index contributed by atoms with van der Waals surface area (Å²) >= 11 is 6.05. The van der Waals surface area contributed by atoms with Crippen molar-refractivity contribution in [3.63, 3.8) is 0 Å². The SMILES string of the molecule is CCCN(CCC)C(=O)c1cc(C)cc(C(=O)NCC2(C)NC(=N)N(Cc3cccc(Cl)c3)C2=O)c1. The predicted molar refractivity (Wildman–Crippen MR) is 141 cm³/mol. The molecular weight excluding hydrogens is 478 g/mol. The highest BCUT2D eigenvalue weighted by atomic mass is 35.5. The Bertz CT molecular complexity index is 1160. The molecule has 0 bridgehead atoms. The van der Waals surface area contributed by atoms with Crippen LogP contribution in [0.15, 0.2) is 42.5 Å². The highest BCUT2D eigenvalue weighted by Gasteiger charge is 2.46. The van der Waals surface area contributed by atoms with Crippen LogP contribution in [-0.2, 0) is 11.3 Å². The molecule has 1 heterocycles. The third-order valence-electron chi connectivity index (χ3n) is 6.07. The number of nitrogens with zero attached hydrogens (tertiary/aromatic N) is 2. The first-order valence-electron chi connectivity index (χ1n) is 12.2. The van der Waals surface area contributed by atoms with Crippen LogP contribution < -0.4 is 10.6 Å². The number of aryl methyl sites for hydroxylation is 1. The summed E-state index contributed by atoms with van der Waals surface area (Å²) in [5.74, 6) is -0.836. The van der Waals surface area contributed by atoms with E-state index in [2.05, 4.69) is 10.6 Å². The minimum atomic E-state index is -1.17. The van der Waals surface area contributed by atoms with Gasteiger partial charge in [0.15, 0.2) is 5.96 Å². The van der Waals surface area contributed by atoms with E-state index in [1.165, 1.54) is 4.90 Å². The Balaban J connectivity index is 1.71. The number of rotatable bonds is 10. The summed E-state index contributed by atoms with van der Waals surface area (Å²) in [5.41, 5.74) is 1.25. The Morgan fingerprint density at radius 2 is 1.78 bits per heavy atom. The molecule has 192 valence electrons. The first-order chi connectivity index (χ1) is 17.1. The van der Waals surface area contributed by atoms with Crippen LogP contribution in [0, 0.1) is 12.3 Å². The molecule has 2 aromatic carbocycles. The Morgan fingerprint density at radius 3 is 2.42 bits per heavy atom. The zero-order valence-electron chi connectivity index (χ0n) is 21.3. The van der Waals surface area contributed by atoms with E-state index in [1.54, 1.807) is 48.2 Å². The Morgan fingerprint density at radius 1 is 1.11 bits per heavy atom. The molecule has 3 amide bonds. The molecule has 3 rings (SSSR count). The highest BCUT2D eigenvalue weighted by Crippen LogP contribution is 2.21. The lowest BCUT2D eigenvalue weighted by Gasteiger charge is -2.23. The van der Waals surface area contributed by atoms with Crippen molar-refractivity contribution in [1.82, 2.24) is 20.4 Å². The average molecular weight is 512 g/mol. The molecule has 0 saturated carbocycles. The molecule has 8 nitrogen and oxygen atoms in total.